The lowest BCUT2D eigenvalue weighted by atomic mass is 9.95. The molecule has 3 rings (SSSR count). The summed E-state index contributed by atoms with van der Waals surface area (Å²) in [6.45, 7) is 4.60. The van der Waals surface area contributed by atoms with Crippen LogP contribution in [-0.2, 0) is 6.54 Å². The molecule has 0 bridgehead atoms. The Labute approximate surface area is 124 Å². The van der Waals surface area contributed by atoms with E-state index in [1.807, 2.05) is 6.07 Å². The van der Waals surface area contributed by atoms with Crippen LogP contribution in [0.15, 0.2) is 15.1 Å². The molecule has 7 heteroatoms. The van der Waals surface area contributed by atoms with Crippen LogP contribution >= 0.6 is 15.9 Å². The van der Waals surface area contributed by atoms with E-state index in [9.17, 15) is 0 Å². The van der Waals surface area contributed by atoms with E-state index in [1.54, 1.807) is 0 Å². The molecule has 2 aromatic rings. The molecule has 1 aromatic heterocycles. The van der Waals surface area contributed by atoms with E-state index in [-0.39, 0.29) is 19.3 Å². The van der Waals surface area contributed by atoms with Gasteiger partial charge in [-0.3, -0.25) is 0 Å². The number of benzene rings is 1. The van der Waals surface area contributed by atoms with E-state index in [0.29, 0.717) is 11.7 Å². The Morgan fingerprint density at radius 3 is 2.75 bits per heavy atom. The third kappa shape index (κ3) is 2.06. The van der Waals surface area contributed by atoms with Crippen molar-refractivity contribution in [1.82, 2.24) is 10.1 Å². The maximum absolute atomic E-state index is 5.60. The molecule has 0 amide bonds. The molecule has 1 aromatic carbocycles. The summed E-state index contributed by atoms with van der Waals surface area (Å²) in [5, 5.41) is 3.98. The van der Waals surface area contributed by atoms with Gasteiger partial charge in [0.15, 0.2) is 11.5 Å². The zero-order valence-corrected chi connectivity index (χ0v) is 12.7. The first-order valence-corrected chi connectivity index (χ1v) is 7.06. The molecule has 0 atom stereocenters. The van der Waals surface area contributed by atoms with Crippen molar-refractivity contribution in [2.75, 3.05) is 6.79 Å². The molecule has 6 nitrogen and oxygen atoms in total. The van der Waals surface area contributed by atoms with Gasteiger partial charge in [0, 0.05) is 11.1 Å². The molecule has 0 saturated heterocycles. The number of ether oxygens (including phenoxy) is 2. The number of fused-ring (bicyclic) bond motifs is 1. The number of hydrogen-bond donors (Lipinski definition) is 1. The van der Waals surface area contributed by atoms with Gasteiger partial charge in [-0.25, -0.2) is 0 Å². The van der Waals surface area contributed by atoms with Gasteiger partial charge in [0.2, 0.25) is 18.5 Å². The number of nitrogens with zero attached hydrogens (tertiary/aromatic N) is 2. The van der Waals surface area contributed by atoms with E-state index < -0.39 is 0 Å². The highest BCUT2D eigenvalue weighted by Crippen LogP contribution is 2.48. The fourth-order valence-corrected chi connectivity index (χ4v) is 2.78. The number of hydrogen-bond acceptors (Lipinski definition) is 6. The standard InChI is InChI=1S/C13H14BrN3O3/c1-6(2)10-7(13-16-9(4-15)20-17-13)3-8(14)11-12(10)19-5-18-11/h3,6H,4-5,15H2,1-2H3. The molecule has 0 spiro atoms. The lowest BCUT2D eigenvalue weighted by Gasteiger charge is -2.14. The molecule has 0 saturated carbocycles. The fourth-order valence-electron chi connectivity index (χ4n) is 2.25. The van der Waals surface area contributed by atoms with Crippen LogP contribution < -0.4 is 15.2 Å². The smallest absolute Gasteiger partial charge is 0.240 e. The van der Waals surface area contributed by atoms with Crippen LogP contribution in [0, 0.1) is 0 Å². The topological polar surface area (TPSA) is 83.4 Å². The molecule has 0 aliphatic carbocycles. The predicted octanol–water partition coefficient (Wildman–Crippen LogP) is 2.81. The first kappa shape index (κ1) is 13.4. The average molecular weight is 340 g/mol. The van der Waals surface area contributed by atoms with Crippen molar-refractivity contribution in [1.29, 1.82) is 0 Å². The van der Waals surface area contributed by atoms with Crippen LogP contribution in [0.1, 0.15) is 31.2 Å². The first-order chi connectivity index (χ1) is 9.61. The normalized spacial score (nSPS) is 13.2. The zero-order valence-electron chi connectivity index (χ0n) is 11.1. The Morgan fingerprint density at radius 2 is 2.10 bits per heavy atom. The molecule has 1 aliphatic heterocycles. The number of halogens is 1. The van der Waals surface area contributed by atoms with Crippen molar-refractivity contribution in [2.24, 2.45) is 5.73 Å². The third-order valence-corrected chi connectivity index (χ3v) is 3.69. The minimum atomic E-state index is 0.218. The van der Waals surface area contributed by atoms with Crippen LogP contribution in [0.4, 0.5) is 0 Å². The van der Waals surface area contributed by atoms with Gasteiger partial charge in [-0.1, -0.05) is 19.0 Å². The number of rotatable bonds is 3. The molecule has 106 valence electrons. The second-order valence-electron chi connectivity index (χ2n) is 4.75. The van der Waals surface area contributed by atoms with Crippen molar-refractivity contribution in [2.45, 2.75) is 26.3 Å². The van der Waals surface area contributed by atoms with Crippen molar-refractivity contribution < 1.29 is 14.0 Å². The Balaban J connectivity index is 2.22. The van der Waals surface area contributed by atoms with Gasteiger partial charge in [-0.15, -0.1) is 0 Å². The molecule has 0 radical (unpaired) electrons. The van der Waals surface area contributed by atoms with Crippen molar-refractivity contribution in [3.63, 3.8) is 0 Å². The Hall–Kier alpha value is -1.60. The summed E-state index contributed by atoms with van der Waals surface area (Å²) in [5.41, 5.74) is 7.37. The van der Waals surface area contributed by atoms with Gasteiger partial charge < -0.3 is 19.7 Å². The largest absolute Gasteiger partial charge is 0.453 e. The zero-order chi connectivity index (χ0) is 14.3. The highest BCUT2D eigenvalue weighted by Gasteiger charge is 2.28. The van der Waals surface area contributed by atoms with Gasteiger partial charge in [-0.05, 0) is 27.9 Å². The van der Waals surface area contributed by atoms with Gasteiger partial charge >= 0.3 is 0 Å². The fraction of sp³-hybridized carbons (Fsp3) is 0.385. The Bertz CT molecular complexity index is 655. The quantitative estimate of drug-likeness (QED) is 0.925. The summed E-state index contributed by atoms with van der Waals surface area (Å²) < 4.78 is 17.0. The summed E-state index contributed by atoms with van der Waals surface area (Å²) in [5.74, 6) is 2.61. The lowest BCUT2D eigenvalue weighted by Crippen LogP contribution is -1.99. The van der Waals surface area contributed by atoms with Crippen LogP contribution in [-0.4, -0.2) is 16.9 Å². The molecule has 1 aliphatic rings. The van der Waals surface area contributed by atoms with Crippen LogP contribution in [0.5, 0.6) is 11.5 Å². The molecular formula is C13H14BrN3O3. The summed E-state index contributed by atoms with van der Waals surface area (Å²) in [4.78, 5) is 4.29. The van der Waals surface area contributed by atoms with Crippen LogP contribution in [0.3, 0.4) is 0 Å². The van der Waals surface area contributed by atoms with Crippen molar-refractivity contribution in [3.05, 3.63) is 22.0 Å². The molecule has 0 unspecified atom stereocenters. The maximum atomic E-state index is 5.60. The first-order valence-electron chi connectivity index (χ1n) is 6.26. The van der Waals surface area contributed by atoms with Gasteiger partial charge in [-0.2, -0.15) is 4.98 Å². The monoisotopic (exact) mass is 339 g/mol. The maximum Gasteiger partial charge on any atom is 0.240 e. The summed E-state index contributed by atoms with van der Waals surface area (Å²) in [6, 6.07) is 1.92. The number of nitrogens with two attached hydrogens (primary N) is 1. The van der Waals surface area contributed by atoms with E-state index in [0.717, 1.165) is 27.1 Å². The minimum Gasteiger partial charge on any atom is -0.453 e. The van der Waals surface area contributed by atoms with Gasteiger partial charge in [0.25, 0.3) is 0 Å². The van der Waals surface area contributed by atoms with Gasteiger partial charge in [0.05, 0.1) is 11.0 Å². The van der Waals surface area contributed by atoms with Crippen molar-refractivity contribution >= 4 is 15.9 Å². The highest BCUT2D eigenvalue weighted by atomic mass is 79.9. The van der Waals surface area contributed by atoms with E-state index in [4.69, 9.17) is 19.7 Å². The second kappa shape index (κ2) is 5.06. The van der Waals surface area contributed by atoms with Crippen molar-refractivity contribution in [3.8, 4) is 22.9 Å². The van der Waals surface area contributed by atoms with Gasteiger partial charge in [0.1, 0.15) is 0 Å². The summed E-state index contributed by atoms with van der Waals surface area (Å²) in [7, 11) is 0. The number of aromatic nitrogens is 2. The van der Waals surface area contributed by atoms with E-state index in [1.165, 1.54) is 0 Å². The highest BCUT2D eigenvalue weighted by molar-refractivity contribution is 9.10. The molecular weight excluding hydrogens is 326 g/mol. The van der Waals surface area contributed by atoms with Crippen LogP contribution in [0.2, 0.25) is 0 Å². The molecule has 0 fully saturated rings. The third-order valence-electron chi connectivity index (χ3n) is 3.10. The average Bonchev–Trinajstić information content (AvgIpc) is 3.06. The Morgan fingerprint density at radius 1 is 1.35 bits per heavy atom. The molecule has 2 N–H and O–H groups in total. The summed E-state index contributed by atoms with van der Waals surface area (Å²) >= 11 is 3.49. The lowest BCUT2D eigenvalue weighted by molar-refractivity contribution is 0.172. The van der Waals surface area contributed by atoms with E-state index in [2.05, 4.69) is 39.9 Å². The Kier molecular flexibility index (Phi) is 3.39. The summed E-state index contributed by atoms with van der Waals surface area (Å²) in [6.07, 6.45) is 0. The van der Waals surface area contributed by atoms with E-state index >= 15 is 0 Å². The SMILES string of the molecule is CC(C)c1c(-c2noc(CN)n2)cc(Br)c2c1OCO2. The van der Waals surface area contributed by atoms with Crippen LogP contribution in [0.25, 0.3) is 11.4 Å². The molecule has 20 heavy (non-hydrogen) atoms. The predicted molar refractivity (Wildman–Crippen MR) is 75.5 cm³/mol. The minimum absolute atomic E-state index is 0.218. The molecule has 2 heterocycles. The second-order valence-corrected chi connectivity index (χ2v) is 5.61.